The van der Waals surface area contributed by atoms with Crippen molar-refractivity contribution in [2.45, 2.75) is 6.42 Å². The molecule has 0 N–H and O–H groups in total. The smallest absolute Gasteiger partial charge is 0.314 e. The summed E-state index contributed by atoms with van der Waals surface area (Å²) in [5, 5.41) is 11.2. The first-order valence-corrected chi connectivity index (χ1v) is 4.95. The van der Waals surface area contributed by atoms with Crippen LogP contribution in [0.3, 0.4) is 0 Å². The number of carboxylic acids is 1. The third-order valence-electron chi connectivity index (χ3n) is 2.10. The third-order valence-corrected chi connectivity index (χ3v) is 2.33. The van der Waals surface area contributed by atoms with Gasteiger partial charge in [0.05, 0.1) is 13.1 Å². The van der Waals surface area contributed by atoms with Gasteiger partial charge in [0.2, 0.25) is 0 Å². The van der Waals surface area contributed by atoms with Crippen LogP contribution >= 0.6 is 11.6 Å². The highest BCUT2D eigenvalue weighted by molar-refractivity contribution is 6.30. The molecule has 1 aromatic carbocycles. The Hall–Kier alpha value is -1.55. The maximum Gasteiger partial charge on any atom is 0.314 e. The fraction of sp³-hybridized carbons (Fsp3) is 0.273. The number of rotatable bonds is 4. The number of carbonyl (C=O) groups is 2. The summed E-state index contributed by atoms with van der Waals surface area (Å²) in [7, 11) is 1.14. The number of methoxy groups -OCH3 is 1. The number of carbonyl (C=O) groups excluding carboxylic acids is 2. The zero-order valence-corrected chi connectivity index (χ0v) is 9.36. The number of carboxylic acid groups (broad SMARTS) is 1. The summed E-state index contributed by atoms with van der Waals surface area (Å²) in [6, 6.07) is 6.63. The van der Waals surface area contributed by atoms with Crippen molar-refractivity contribution >= 4 is 23.5 Å². The lowest BCUT2D eigenvalue weighted by Gasteiger charge is -2.15. The van der Waals surface area contributed by atoms with Gasteiger partial charge in [-0.1, -0.05) is 23.7 Å². The molecule has 0 aliphatic heterocycles. The van der Waals surface area contributed by atoms with E-state index in [2.05, 4.69) is 4.74 Å². The molecule has 0 aromatic heterocycles. The van der Waals surface area contributed by atoms with Crippen molar-refractivity contribution in [3.63, 3.8) is 0 Å². The Morgan fingerprint density at radius 1 is 1.50 bits per heavy atom. The Labute approximate surface area is 97.8 Å². The van der Waals surface area contributed by atoms with E-state index >= 15 is 0 Å². The Kier molecular flexibility index (Phi) is 4.31. The number of hydrogen-bond acceptors (Lipinski definition) is 4. The van der Waals surface area contributed by atoms with Crippen molar-refractivity contribution in [2.75, 3.05) is 7.11 Å². The number of aliphatic carboxylic acids is 1. The topological polar surface area (TPSA) is 66.4 Å². The number of esters is 1. The molecule has 0 bridgehead atoms. The van der Waals surface area contributed by atoms with Crippen LogP contribution in [-0.2, 0) is 20.7 Å². The van der Waals surface area contributed by atoms with Gasteiger partial charge in [-0.25, -0.2) is 0 Å². The lowest BCUT2D eigenvalue weighted by molar-refractivity contribution is -0.310. The van der Waals surface area contributed by atoms with Crippen molar-refractivity contribution in [3.8, 4) is 0 Å². The van der Waals surface area contributed by atoms with Gasteiger partial charge in [-0.3, -0.25) is 4.79 Å². The molecule has 0 heterocycles. The van der Waals surface area contributed by atoms with Gasteiger partial charge >= 0.3 is 5.97 Å². The zero-order valence-electron chi connectivity index (χ0n) is 8.60. The van der Waals surface area contributed by atoms with Crippen LogP contribution in [0.4, 0.5) is 0 Å². The lowest BCUT2D eigenvalue weighted by Crippen LogP contribution is -2.38. The van der Waals surface area contributed by atoms with Crippen LogP contribution in [0.15, 0.2) is 24.3 Å². The minimum absolute atomic E-state index is 0.00949. The van der Waals surface area contributed by atoms with E-state index in [-0.39, 0.29) is 6.42 Å². The maximum absolute atomic E-state index is 11.2. The number of hydrogen-bond donors (Lipinski definition) is 0. The van der Waals surface area contributed by atoms with E-state index in [4.69, 9.17) is 11.6 Å². The molecule has 5 heteroatoms. The van der Waals surface area contributed by atoms with Gasteiger partial charge in [0.15, 0.2) is 0 Å². The molecule has 86 valence electrons. The Balaban J connectivity index is 2.84. The fourth-order valence-electron chi connectivity index (χ4n) is 1.30. The molecule has 1 aromatic rings. The highest BCUT2D eigenvalue weighted by Crippen LogP contribution is 2.15. The number of benzene rings is 1. The van der Waals surface area contributed by atoms with E-state index < -0.39 is 17.9 Å². The summed E-state index contributed by atoms with van der Waals surface area (Å²) in [6.45, 7) is 0. The van der Waals surface area contributed by atoms with E-state index in [1.807, 2.05) is 0 Å². The standard InChI is InChI=1S/C11H11ClO4/c1-16-11(15)9(10(13)14)6-7-3-2-4-8(12)5-7/h2-5,9H,6H2,1H3,(H,13,14)/p-1. The predicted octanol–water partition coefficient (Wildman–Crippen LogP) is 0.422. The average Bonchev–Trinajstić information content (AvgIpc) is 2.24. The Bertz CT molecular complexity index is 403. The van der Waals surface area contributed by atoms with Gasteiger partial charge in [0, 0.05) is 5.02 Å². The normalized spacial score (nSPS) is 11.9. The second-order valence-electron chi connectivity index (χ2n) is 3.23. The molecule has 1 rings (SSSR count). The molecular formula is C11H10ClO4-. The molecule has 0 radical (unpaired) electrons. The highest BCUT2D eigenvalue weighted by Gasteiger charge is 2.20. The van der Waals surface area contributed by atoms with Crippen LogP contribution in [0.25, 0.3) is 0 Å². The van der Waals surface area contributed by atoms with Crippen LogP contribution < -0.4 is 5.11 Å². The van der Waals surface area contributed by atoms with Crippen molar-refractivity contribution in [1.82, 2.24) is 0 Å². The molecule has 0 saturated heterocycles. The summed E-state index contributed by atoms with van der Waals surface area (Å²) in [6.07, 6.45) is 0.00949. The van der Waals surface area contributed by atoms with E-state index in [1.165, 1.54) is 0 Å². The van der Waals surface area contributed by atoms with Crippen LogP contribution in [-0.4, -0.2) is 19.0 Å². The lowest BCUT2D eigenvalue weighted by atomic mass is 10.00. The second-order valence-corrected chi connectivity index (χ2v) is 3.67. The van der Waals surface area contributed by atoms with Crippen molar-refractivity contribution in [2.24, 2.45) is 5.92 Å². The van der Waals surface area contributed by atoms with E-state index in [9.17, 15) is 14.7 Å². The first kappa shape index (κ1) is 12.5. The fourth-order valence-corrected chi connectivity index (χ4v) is 1.52. The maximum atomic E-state index is 11.2. The van der Waals surface area contributed by atoms with Crippen molar-refractivity contribution < 1.29 is 19.4 Å². The summed E-state index contributed by atoms with van der Waals surface area (Å²) in [5.74, 6) is -3.57. The van der Waals surface area contributed by atoms with E-state index in [0.717, 1.165) is 7.11 Å². The monoisotopic (exact) mass is 241 g/mol. The van der Waals surface area contributed by atoms with Crippen molar-refractivity contribution in [1.29, 1.82) is 0 Å². The Morgan fingerprint density at radius 3 is 2.69 bits per heavy atom. The molecule has 0 aliphatic rings. The largest absolute Gasteiger partial charge is 0.549 e. The van der Waals surface area contributed by atoms with Gasteiger partial charge in [-0.2, -0.15) is 0 Å². The summed E-state index contributed by atoms with van der Waals surface area (Å²) >= 11 is 5.74. The molecule has 1 atom stereocenters. The quantitative estimate of drug-likeness (QED) is 0.566. The van der Waals surface area contributed by atoms with Gasteiger partial charge in [-0.05, 0) is 24.1 Å². The Morgan fingerprint density at radius 2 is 2.19 bits per heavy atom. The average molecular weight is 242 g/mol. The predicted molar refractivity (Wildman–Crippen MR) is 55.7 cm³/mol. The summed E-state index contributed by atoms with van der Waals surface area (Å²) < 4.78 is 4.38. The molecular weight excluding hydrogens is 232 g/mol. The molecule has 0 spiro atoms. The minimum atomic E-state index is -1.45. The van der Waals surface area contributed by atoms with E-state index in [0.29, 0.717) is 10.6 Å². The molecule has 16 heavy (non-hydrogen) atoms. The molecule has 0 fully saturated rings. The second kappa shape index (κ2) is 5.51. The van der Waals surface area contributed by atoms with Gasteiger partial charge < -0.3 is 14.6 Å². The summed E-state index contributed by atoms with van der Waals surface area (Å²) in [4.78, 5) is 21.9. The molecule has 4 nitrogen and oxygen atoms in total. The van der Waals surface area contributed by atoms with E-state index in [1.54, 1.807) is 24.3 Å². The van der Waals surface area contributed by atoms with Crippen LogP contribution in [0.2, 0.25) is 5.02 Å². The number of halogens is 1. The first-order valence-electron chi connectivity index (χ1n) is 4.57. The van der Waals surface area contributed by atoms with Gasteiger partial charge in [-0.15, -0.1) is 0 Å². The summed E-state index contributed by atoms with van der Waals surface area (Å²) in [5.41, 5.74) is 0.645. The first-order chi connectivity index (χ1) is 7.54. The zero-order chi connectivity index (χ0) is 12.1. The highest BCUT2D eigenvalue weighted by atomic mass is 35.5. The van der Waals surface area contributed by atoms with Crippen LogP contribution in [0.1, 0.15) is 5.56 Å². The SMILES string of the molecule is COC(=O)C(Cc1cccc(Cl)c1)C(=O)[O-]. The van der Waals surface area contributed by atoms with Gasteiger partial charge in [0.25, 0.3) is 0 Å². The number of ether oxygens (including phenoxy) is 1. The minimum Gasteiger partial charge on any atom is -0.549 e. The van der Waals surface area contributed by atoms with Crippen LogP contribution in [0.5, 0.6) is 0 Å². The molecule has 1 unspecified atom stereocenters. The molecule has 0 aliphatic carbocycles. The molecule has 0 amide bonds. The van der Waals surface area contributed by atoms with Crippen LogP contribution in [0, 0.1) is 5.92 Å². The third kappa shape index (κ3) is 3.24. The molecule has 0 saturated carbocycles. The van der Waals surface area contributed by atoms with Gasteiger partial charge in [0.1, 0.15) is 5.92 Å². The van der Waals surface area contributed by atoms with Crippen molar-refractivity contribution in [3.05, 3.63) is 34.9 Å².